The highest BCUT2D eigenvalue weighted by Crippen LogP contribution is 2.20. The van der Waals surface area contributed by atoms with Gasteiger partial charge in [0.2, 0.25) is 0 Å². The van der Waals surface area contributed by atoms with Gasteiger partial charge in [0.15, 0.2) is 5.58 Å². The Hall–Kier alpha value is -2.86. The summed E-state index contributed by atoms with van der Waals surface area (Å²) in [7, 11) is 1.58. The van der Waals surface area contributed by atoms with Crippen molar-refractivity contribution < 1.29 is 14.3 Å². The fraction of sp³-hybridized carbons (Fsp3) is 0.222. The molecule has 1 amide bonds. The third-order valence-electron chi connectivity index (χ3n) is 4.05. The lowest BCUT2D eigenvalue weighted by molar-refractivity contribution is 0.0526. The molecule has 0 saturated carbocycles. The van der Waals surface area contributed by atoms with Crippen molar-refractivity contribution in [3.8, 4) is 0 Å². The van der Waals surface area contributed by atoms with Crippen molar-refractivity contribution in [3.05, 3.63) is 70.2 Å². The van der Waals surface area contributed by atoms with E-state index in [1.165, 1.54) is 4.57 Å². The minimum absolute atomic E-state index is 0.0311. The first kappa shape index (κ1) is 16.0. The molecule has 1 heterocycles. The number of carbonyl (C=O) groups excluding carboxylic acids is 1. The molecule has 0 aliphatic carbocycles. The number of aromatic nitrogens is 1. The number of nitrogens with zero attached hydrogens (tertiary/aromatic N) is 1. The molecular weight excluding hydrogens is 308 g/mol. The van der Waals surface area contributed by atoms with Crippen molar-refractivity contribution in [3.63, 3.8) is 0 Å². The number of oxazole rings is 1. The van der Waals surface area contributed by atoms with Gasteiger partial charge in [-0.25, -0.2) is 4.79 Å². The second-order valence-electron chi connectivity index (χ2n) is 5.90. The highest BCUT2D eigenvalue weighted by atomic mass is 16.4. The summed E-state index contributed by atoms with van der Waals surface area (Å²) in [5.74, 6) is -0.937. The molecule has 0 aliphatic heterocycles. The van der Waals surface area contributed by atoms with E-state index in [4.69, 9.17) is 4.42 Å². The third kappa shape index (κ3) is 2.83. The Morgan fingerprint density at radius 3 is 2.62 bits per heavy atom. The maximum Gasteiger partial charge on any atom is 0.419 e. The lowest BCUT2D eigenvalue weighted by Crippen LogP contribution is -2.38. The zero-order valence-electron chi connectivity index (χ0n) is 13.4. The fourth-order valence-electron chi connectivity index (χ4n) is 2.58. The molecule has 124 valence electrons. The zero-order chi connectivity index (χ0) is 17.3. The van der Waals surface area contributed by atoms with E-state index < -0.39 is 17.3 Å². The minimum Gasteiger partial charge on any atom is -0.407 e. The molecule has 0 saturated heterocycles. The number of hydrogen-bond acceptors (Lipinski definition) is 4. The summed E-state index contributed by atoms with van der Waals surface area (Å²) in [6, 6.07) is 14.1. The molecule has 2 N–H and O–H groups in total. The van der Waals surface area contributed by atoms with E-state index in [2.05, 4.69) is 5.32 Å². The van der Waals surface area contributed by atoms with Crippen LogP contribution in [0.1, 0.15) is 22.8 Å². The molecule has 0 aliphatic rings. The van der Waals surface area contributed by atoms with Crippen LogP contribution in [0.3, 0.4) is 0 Å². The smallest absolute Gasteiger partial charge is 0.407 e. The first-order valence-electron chi connectivity index (χ1n) is 7.55. The quantitative estimate of drug-likeness (QED) is 0.765. The Morgan fingerprint density at radius 2 is 1.92 bits per heavy atom. The molecular formula is C18H18N2O4. The summed E-state index contributed by atoms with van der Waals surface area (Å²) in [4.78, 5) is 24.1. The lowest BCUT2D eigenvalue weighted by Gasteiger charge is -2.24. The van der Waals surface area contributed by atoms with Crippen LogP contribution in [0.5, 0.6) is 0 Å². The van der Waals surface area contributed by atoms with Gasteiger partial charge in [-0.05, 0) is 24.6 Å². The van der Waals surface area contributed by atoms with E-state index >= 15 is 0 Å². The molecule has 0 bridgehead atoms. The van der Waals surface area contributed by atoms with E-state index in [0.717, 1.165) is 0 Å². The molecule has 0 fully saturated rings. The van der Waals surface area contributed by atoms with Crippen LogP contribution in [-0.2, 0) is 12.6 Å². The largest absolute Gasteiger partial charge is 0.419 e. The van der Waals surface area contributed by atoms with E-state index in [1.54, 1.807) is 44.3 Å². The van der Waals surface area contributed by atoms with E-state index in [-0.39, 0.29) is 17.7 Å². The van der Waals surface area contributed by atoms with Crippen molar-refractivity contribution in [2.75, 3.05) is 6.54 Å². The van der Waals surface area contributed by atoms with E-state index in [9.17, 15) is 14.7 Å². The Bertz CT molecular complexity index is 939. The standard InChI is InChI=1S/C18H18N2O4/c1-18(23,12-7-4-3-5-8-12)11-19-16(21)13-9-6-10-14-15(13)24-17(22)20(14)2/h3-10,23H,11H2,1-2H3,(H,19,21). The van der Waals surface area contributed by atoms with Gasteiger partial charge in [0.1, 0.15) is 5.60 Å². The van der Waals surface area contributed by atoms with Crippen LogP contribution in [-0.4, -0.2) is 22.1 Å². The maximum atomic E-state index is 12.5. The first-order chi connectivity index (χ1) is 11.4. The van der Waals surface area contributed by atoms with Crippen LogP contribution >= 0.6 is 0 Å². The van der Waals surface area contributed by atoms with Crippen molar-refractivity contribution >= 4 is 17.0 Å². The highest BCUT2D eigenvalue weighted by Gasteiger charge is 2.24. The van der Waals surface area contributed by atoms with Crippen molar-refractivity contribution in [1.82, 2.24) is 9.88 Å². The molecule has 1 atom stereocenters. The highest BCUT2D eigenvalue weighted by molar-refractivity contribution is 6.04. The second kappa shape index (κ2) is 5.98. The first-order valence-corrected chi connectivity index (χ1v) is 7.55. The van der Waals surface area contributed by atoms with Crippen molar-refractivity contribution in [1.29, 1.82) is 0 Å². The van der Waals surface area contributed by atoms with Gasteiger partial charge >= 0.3 is 5.76 Å². The number of rotatable bonds is 4. The maximum absolute atomic E-state index is 12.5. The van der Waals surface area contributed by atoms with Crippen LogP contribution in [0, 0.1) is 0 Å². The fourth-order valence-corrected chi connectivity index (χ4v) is 2.58. The van der Waals surface area contributed by atoms with Crippen LogP contribution in [0.25, 0.3) is 11.1 Å². The molecule has 24 heavy (non-hydrogen) atoms. The molecule has 3 rings (SSSR count). The van der Waals surface area contributed by atoms with E-state index in [1.807, 2.05) is 18.2 Å². The minimum atomic E-state index is -1.21. The summed E-state index contributed by atoms with van der Waals surface area (Å²) >= 11 is 0. The predicted octanol–water partition coefficient (Wildman–Crippen LogP) is 1.77. The number of para-hydroxylation sites is 1. The van der Waals surface area contributed by atoms with Gasteiger partial charge in [-0.3, -0.25) is 9.36 Å². The third-order valence-corrected chi connectivity index (χ3v) is 4.05. The molecule has 0 spiro atoms. The van der Waals surface area contributed by atoms with Gasteiger partial charge in [0.25, 0.3) is 5.91 Å². The second-order valence-corrected chi connectivity index (χ2v) is 5.90. The van der Waals surface area contributed by atoms with Crippen LogP contribution in [0.15, 0.2) is 57.7 Å². The Morgan fingerprint density at radius 1 is 1.21 bits per heavy atom. The summed E-state index contributed by atoms with van der Waals surface area (Å²) < 4.78 is 6.49. The van der Waals surface area contributed by atoms with Crippen LogP contribution in [0.4, 0.5) is 0 Å². The Labute approximate surface area is 138 Å². The average Bonchev–Trinajstić information content (AvgIpc) is 2.88. The summed E-state index contributed by atoms with van der Waals surface area (Å²) in [6.07, 6.45) is 0. The number of hydrogen-bond donors (Lipinski definition) is 2. The number of fused-ring (bicyclic) bond motifs is 1. The van der Waals surface area contributed by atoms with Gasteiger partial charge in [-0.15, -0.1) is 0 Å². The number of amides is 1. The molecule has 6 nitrogen and oxygen atoms in total. The summed E-state index contributed by atoms with van der Waals surface area (Å²) in [5, 5.41) is 13.2. The number of nitrogens with one attached hydrogen (secondary N) is 1. The number of aryl methyl sites for hydroxylation is 1. The van der Waals surface area contributed by atoms with Crippen LogP contribution < -0.4 is 11.1 Å². The number of aliphatic hydroxyl groups is 1. The molecule has 6 heteroatoms. The van der Waals surface area contributed by atoms with Gasteiger partial charge in [0, 0.05) is 7.05 Å². The number of carbonyl (C=O) groups is 1. The SMILES string of the molecule is Cn1c(=O)oc2c(C(=O)NCC(C)(O)c3ccccc3)cccc21. The molecule has 0 radical (unpaired) electrons. The zero-order valence-corrected chi connectivity index (χ0v) is 13.4. The summed E-state index contributed by atoms with van der Waals surface area (Å²) in [5.41, 5.74) is 0.538. The molecule has 2 aromatic carbocycles. The normalized spacial score (nSPS) is 13.6. The van der Waals surface area contributed by atoms with Gasteiger partial charge in [-0.1, -0.05) is 36.4 Å². The van der Waals surface area contributed by atoms with Crippen LogP contribution in [0.2, 0.25) is 0 Å². The van der Waals surface area contributed by atoms with Crippen molar-refractivity contribution in [2.24, 2.45) is 7.05 Å². The predicted molar refractivity (Wildman–Crippen MR) is 89.8 cm³/mol. The van der Waals surface area contributed by atoms with E-state index in [0.29, 0.717) is 11.1 Å². The number of benzene rings is 2. The van der Waals surface area contributed by atoms with Gasteiger partial charge < -0.3 is 14.8 Å². The topological polar surface area (TPSA) is 84.5 Å². The van der Waals surface area contributed by atoms with Crippen molar-refractivity contribution in [2.45, 2.75) is 12.5 Å². The molecule has 3 aromatic rings. The monoisotopic (exact) mass is 326 g/mol. The van der Waals surface area contributed by atoms with Gasteiger partial charge in [0.05, 0.1) is 17.6 Å². The molecule has 1 unspecified atom stereocenters. The average molecular weight is 326 g/mol. The Balaban J connectivity index is 1.84. The van der Waals surface area contributed by atoms with Gasteiger partial charge in [-0.2, -0.15) is 0 Å². The lowest BCUT2D eigenvalue weighted by atomic mass is 9.96. The molecule has 1 aromatic heterocycles. The Kier molecular flexibility index (Phi) is 3.99. The summed E-state index contributed by atoms with van der Waals surface area (Å²) in [6.45, 7) is 1.66.